The molecule has 140 valence electrons. The number of piperidine rings is 1. The van der Waals surface area contributed by atoms with Crippen molar-refractivity contribution >= 4 is 16.6 Å². The van der Waals surface area contributed by atoms with Crippen LogP contribution in [0.25, 0.3) is 10.9 Å². The smallest absolute Gasteiger partial charge is 0.162 e. The predicted octanol–water partition coefficient (Wildman–Crippen LogP) is 3.54. The molecule has 2 unspecified atom stereocenters. The van der Waals surface area contributed by atoms with Gasteiger partial charge in [0, 0.05) is 34.9 Å². The fourth-order valence-corrected chi connectivity index (χ4v) is 4.41. The average molecular weight is 355 g/mol. The molecule has 1 aromatic carbocycles. The SMILES string of the molecule is COc1cc2nc3c(c(N[C@H]4CCNC(C)C4C)c2cc1OC)CCC3. The van der Waals surface area contributed by atoms with Gasteiger partial charge in [-0.1, -0.05) is 6.92 Å². The lowest BCUT2D eigenvalue weighted by atomic mass is 9.88. The van der Waals surface area contributed by atoms with Gasteiger partial charge in [0.25, 0.3) is 0 Å². The Balaban J connectivity index is 1.83. The highest BCUT2D eigenvalue weighted by Crippen LogP contribution is 2.40. The van der Waals surface area contributed by atoms with Crippen LogP contribution in [0.15, 0.2) is 12.1 Å². The van der Waals surface area contributed by atoms with Gasteiger partial charge in [-0.3, -0.25) is 4.98 Å². The molecule has 2 heterocycles. The van der Waals surface area contributed by atoms with Gasteiger partial charge >= 0.3 is 0 Å². The maximum absolute atomic E-state index is 5.56. The van der Waals surface area contributed by atoms with Crippen LogP contribution in [0.5, 0.6) is 11.5 Å². The molecule has 0 amide bonds. The van der Waals surface area contributed by atoms with E-state index < -0.39 is 0 Å². The Kier molecular flexibility index (Phi) is 4.65. The van der Waals surface area contributed by atoms with Crippen molar-refractivity contribution in [2.45, 2.75) is 51.6 Å². The highest BCUT2D eigenvalue weighted by Gasteiger charge is 2.29. The summed E-state index contributed by atoms with van der Waals surface area (Å²) < 4.78 is 11.0. The second-order valence-corrected chi connectivity index (χ2v) is 7.63. The molecule has 2 aromatic rings. The average Bonchev–Trinajstić information content (AvgIpc) is 3.12. The van der Waals surface area contributed by atoms with Gasteiger partial charge in [0.05, 0.1) is 19.7 Å². The van der Waals surface area contributed by atoms with E-state index in [1.165, 1.54) is 23.4 Å². The van der Waals surface area contributed by atoms with Crippen molar-refractivity contribution in [3.63, 3.8) is 0 Å². The minimum atomic E-state index is 0.467. The summed E-state index contributed by atoms with van der Waals surface area (Å²) in [5, 5.41) is 8.64. The summed E-state index contributed by atoms with van der Waals surface area (Å²) in [5.41, 5.74) is 4.87. The number of hydrogen-bond acceptors (Lipinski definition) is 5. The standard InChI is InChI=1S/C21H29N3O2/c1-12-13(2)22-9-8-16(12)24-21-14-6-5-7-17(14)23-18-11-20(26-4)19(25-3)10-15(18)21/h10-13,16,22H,5-9H2,1-4H3,(H,23,24)/t12?,13?,16-/m0/s1. The normalized spacial score (nSPS) is 25.2. The van der Waals surface area contributed by atoms with Crippen LogP contribution in [0, 0.1) is 5.92 Å². The van der Waals surface area contributed by atoms with Crippen LogP contribution in [0.4, 0.5) is 5.69 Å². The zero-order valence-corrected chi connectivity index (χ0v) is 16.2. The Bertz CT molecular complexity index is 821. The molecule has 26 heavy (non-hydrogen) atoms. The minimum absolute atomic E-state index is 0.467. The van der Waals surface area contributed by atoms with Gasteiger partial charge in [0.2, 0.25) is 0 Å². The number of methoxy groups -OCH3 is 2. The summed E-state index contributed by atoms with van der Waals surface area (Å²) in [6, 6.07) is 5.08. The Hall–Kier alpha value is -2.01. The number of pyridine rings is 1. The topological polar surface area (TPSA) is 55.4 Å². The monoisotopic (exact) mass is 355 g/mol. The zero-order valence-electron chi connectivity index (χ0n) is 16.2. The second-order valence-electron chi connectivity index (χ2n) is 7.63. The van der Waals surface area contributed by atoms with E-state index in [4.69, 9.17) is 14.5 Å². The maximum atomic E-state index is 5.56. The van der Waals surface area contributed by atoms with Crippen molar-refractivity contribution in [2.24, 2.45) is 5.92 Å². The van der Waals surface area contributed by atoms with Crippen LogP contribution in [-0.2, 0) is 12.8 Å². The number of ether oxygens (including phenoxy) is 2. The zero-order chi connectivity index (χ0) is 18.3. The van der Waals surface area contributed by atoms with Crippen molar-refractivity contribution in [2.75, 3.05) is 26.1 Å². The molecule has 2 N–H and O–H groups in total. The lowest BCUT2D eigenvalue weighted by Gasteiger charge is -2.36. The molecule has 3 atom stereocenters. The van der Waals surface area contributed by atoms with Crippen LogP contribution in [0.2, 0.25) is 0 Å². The molecule has 2 aliphatic rings. The van der Waals surface area contributed by atoms with Crippen molar-refractivity contribution in [1.82, 2.24) is 10.3 Å². The quantitative estimate of drug-likeness (QED) is 0.879. The fraction of sp³-hybridized carbons (Fsp3) is 0.571. The van der Waals surface area contributed by atoms with Gasteiger partial charge in [-0.25, -0.2) is 0 Å². The number of aromatic nitrogens is 1. The molecule has 5 heteroatoms. The van der Waals surface area contributed by atoms with Crippen LogP contribution in [0.3, 0.4) is 0 Å². The van der Waals surface area contributed by atoms with E-state index in [1.807, 2.05) is 6.07 Å². The summed E-state index contributed by atoms with van der Waals surface area (Å²) in [7, 11) is 3.36. The molecule has 0 spiro atoms. The van der Waals surface area contributed by atoms with Crippen LogP contribution in [0.1, 0.15) is 37.9 Å². The number of rotatable bonds is 4. The number of hydrogen-bond donors (Lipinski definition) is 2. The van der Waals surface area contributed by atoms with Crippen LogP contribution < -0.4 is 20.1 Å². The maximum Gasteiger partial charge on any atom is 0.162 e. The first-order chi connectivity index (χ1) is 12.6. The first-order valence-electron chi connectivity index (χ1n) is 9.69. The van der Waals surface area contributed by atoms with Gasteiger partial charge in [0.1, 0.15) is 0 Å². The molecule has 4 rings (SSSR count). The number of aryl methyl sites for hydroxylation is 1. The number of fused-ring (bicyclic) bond motifs is 2. The van der Waals surface area contributed by atoms with Gasteiger partial charge < -0.3 is 20.1 Å². The molecule has 0 radical (unpaired) electrons. The van der Waals surface area contributed by atoms with Gasteiger partial charge in [0.15, 0.2) is 11.5 Å². The molecular weight excluding hydrogens is 326 g/mol. The Morgan fingerprint density at radius 1 is 1.12 bits per heavy atom. The highest BCUT2D eigenvalue weighted by molar-refractivity contribution is 5.96. The number of anilines is 1. The van der Waals surface area contributed by atoms with E-state index in [2.05, 4.69) is 30.5 Å². The van der Waals surface area contributed by atoms with E-state index in [0.717, 1.165) is 48.2 Å². The molecule has 0 bridgehead atoms. The summed E-state index contributed by atoms with van der Waals surface area (Å²) in [6.45, 7) is 5.68. The molecule has 1 fully saturated rings. The van der Waals surface area contributed by atoms with Crippen molar-refractivity contribution in [3.8, 4) is 11.5 Å². The third-order valence-corrected chi connectivity index (χ3v) is 6.19. The molecular formula is C21H29N3O2. The molecule has 1 aliphatic heterocycles. The molecule has 1 aliphatic carbocycles. The molecule has 5 nitrogen and oxygen atoms in total. The third kappa shape index (κ3) is 2.88. The number of benzene rings is 1. The first-order valence-corrected chi connectivity index (χ1v) is 9.69. The van der Waals surface area contributed by atoms with Crippen molar-refractivity contribution in [3.05, 3.63) is 23.4 Å². The largest absolute Gasteiger partial charge is 0.493 e. The van der Waals surface area contributed by atoms with Gasteiger partial charge in [-0.2, -0.15) is 0 Å². The summed E-state index contributed by atoms with van der Waals surface area (Å²) in [5.74, 6) is 2.07. The van der Waals surface area contributed by atoms with E-state index in [1.54, 1.807) is 14.2 Å². The molecule has 0 saturated carbocycles. The van der Waals surface area contributed by atoms with E-state index in [0.29, 0.717) is 18.0 Å². The van der Waals surface area contributed by atoms with E-state index in [-0.39, 0.29) is 0 Å². The van der Waals surface area contributed by atoms with E-state index >= 15 is 0 Å². The molecule has 1 aromatic heterocycles. The Morgan fingerprint density at radius 3 is 2.65 bits per heavy atom. The van der Waals surface area contributed by atoms with Crippen LogP contribution in [-0.4, -0.2) is 37.8 Å². The minimum Gasteiger partial charge on any atom is -0.493 e. The lowest BCUT2D eigenvalue weighted by Crippen LogP contribution is -2.48. The summed E-state index contributed by atoms with van der Waals surface area (Å²) >= 11 is 0. The molecule has 1 saturated heterocycles. The van der Waals surface area contributed by atoms with Crippen molar-refractivity contribution in [1.29, 1.82) is 0 Å². The fourth-order valence-electron chi connectivity index (χ4n) is 4.41. The van der Waals surface area contributed by atoms with Crippen LogP contribution >= 0.6 is 0 Å². The Morgan fingerprint density at radius 2 is 1.88 bits per heavy atom. The first kappa shape index (κ1) is 17.4. The van der Waals surface area contributed by atoms with Gasteiger partial charge in [-0.05, 0) is 56.7 Å². The third-order valence-electron chi connectivity index (χ3n) is 6.19. The highest BCUT2D eigenvalue weighted by atomic mass is 16.5. The summed E-state index contributed by atoms with van der Waals surface area (Å²) in [6.07, 6.45) is 4.48. The lowest BCUT2D eigenvalue weighted by molar-refractivity contribution is 0.292. The number of nitrogens with zero attached hydrogens (tertiary/aromatic N) is 1. The van der Waals surface area contributed by atoms with Crippen molar-refractivity contribution < 1.29 is 9.47 Å². The number of nitrogens with one attached hydrogen (secondary N) is 2. The summed E-state index contributed by atoms with van der Waals surface area (Å²) in [4.78, 5) is 4.94. The second kappa shape index (κ2) is 6.95. The van der Waals surface area contributed by atoms with E-state index in [9.17, 15) is 0 Å². The predicted molar refractivity (Wildman–Crippen MR) is 106 cm³/mol. The Labute approximate surface area is 155 Å². The van der Waals surface area contributed by atoms with Gasteiger partial charge in [-0.15, -0.1) is 0 Å².